The van der Waals surface area contributed by atoms with E-state index in [0.717, 1.165) is 0 Å². The van der Waals surface area contributed by atoms with E-state index in [2.05, 4.69) is 15.5 Å². The van der Waals surface area contributed by atoms with E-state index in [1.165, 1.54) is 6.20 Å². The van der Waals surface area contributed by atoms with Crippen LogP contribution in [0.1, 0.15) is 10.5 Å². The molecular formula is C12H7N5O2. The van der Waals surface area contributed by atoms with Gasteiger partial charge in [0.25, 0.3) is 0 Å². The van der Waals surface area contributed by atoms with Crippen LogP contribution in [-0.4, -0.2) is 21.3 Å². The van der Waals surface area contributed by atoms with Crippen molar-refractivity contribution in [3.05, 3.63) is 35.7 Å². The number of carboxylic acid groups (broad SMARTS) is 1. The van der Waals surface area contributed by atoms with Crippen molar-refractivity contribution >= 4 is 22.6 Å². The van der Waals surface area contributed by atoms with Gasteiger partial charge in [0.05, 0.1) is 5.52 Å². The van der Waals surface area contributed by atoms with Gasteiger partial charge < -0.3 is 10.4 Å². The number of benzene rings is 1. The van der Waals surface area contributed by atoms with Crippen molar-refractivity contribution < 1.29 is 9.90 Å². The summed E-state index contributed by atoms with van der Waals surface area (Å²) >= 11 is 0. The highest BCUT2D eigenvalue weighted by Gasteiger charge is 2.12. The molecule has 1 aromatic heterocycles. The fourth-order valence-electron chi connectivity index (χ4n) is 1.51. The number of anilines is 1. The largest absolute Gasteiger partial charge is 0.476 e. The number of rotatable bonds is 3. The molecule has 0 atom stereocenters. The number of hydrogen-bond acceptors (Lipinski definition) is 5. The van der Waals surface area contributed by atoms with Gasteiger partial charge in [-0.2, -0.15) is 15.6 Å². The van der Waals surface area contributed by atoms with Crippen molar-refractivity contribution in [1.82, 2.24) is 10.2 Å². The lowest BCUT2D eigenvalue weighted by atomic mass is 10.2. The first-order chi connectivity index (χ1) is 9.15. The van der Waals surface area contributed by atoms with E-state index in [0.29, 0.717) is 16.6 Å². The van der Waals surface area contributed by atoms with Crippen LogP contribution >= 0.6 is 0 Å². The van der Waals surface area contributed by atoms with Crippen LogP contribution in [0.25, 0.3) is 10.9 Å². The molecule has 1 aromatic carbocycles. The van der Waals surface area contributed by atoms with E-state index in [4.69, 9.17) is 15.6 Å². The summed E-state index contributed by atoms with van der Waals surface area (Å²) in [5.41, 5.74) is 0.987. The summed E-state index contributed by atoms with van der Waals surface area (Å²) in [4.78, 5) is 10.9. The Morgan fingerprint density at radius 1 is 1.42 bits per heavy atom. The van der Waals surface area contributed by atoms with Crippen LogP contribution in [-0.2, 0) is 0 Å². The van der Waals surface area contributed by atoms with Crippen LogP contribution in [0.5, 0.6) is 0 Å². The van der Waals surface area contributed by atoms with Crippen LogP contribution in [0.3, 0.4) is 0 Å². The Bertz CT molecular complexity index is 744. The zero-order valence-corrected chi connectivity index (χ0v) is 9.51. The highest BCUT2D eigenvalue weighted by atomic mass is 16.4. The number of carboxylic acids is 1. The van der Waals surface area contributed by atoms with E-state index in [1.807, 2.05) is 0 Å². The second kappa shape index (κ2) is 4.90. The molecule has 0 radical (unpaired) electrons. The number of nitrogens with one attached hydrogen (secondary N) is 2. The Kier molecular flexibility index (Phi) is 3.13. The maximum atomic E-state index is 10.9. The minimum Gasteiger partial charge on any atom is -0.476 e. The van der Waals surface area contributed by atoms with E-state index in [9.17, 15) is 4.79 Å². The van der Waals surface area contributed by atoms with Gasteiger partial charge in [0.15, 0.2) is 5.69 Å². The number of nitrogens with zero attached hydrogens (tertiary/aromatic N) is 3. The molecule has 7 heteroatoms. The third-order valence-electron chi connectivity index (χ3n) is 2.39. The lowest BCUT2D eigenvalue weighted by Gasteiger charge is -2.00. The molecule has 0 fully saturated rings. The molecule has 2 rings (SSSR count). The highest BCUT2D eigenvalue weighted by Crippen LogP contribution is 2.20. The molecule has 0 unspecified atom stereocenters. The molecule has 0 bridgehead atoms. The van der Waals surface area contributed by atoms with Crippen molar-refractivity contribution in [3.8, 4) is 12.1 Å². The first-order valence-corrected chi connectivity index (χ1v) is 5.14. The molecule has 0 saturated heterocycles. The molecule has 0 aliphatic rings. The summed E-state index contributed by atoms with van der Waals surface area (Å²) < 4.78 is 0. The predicted molar refractivity (Wildman–Crippen MR) is 66.0 cm³/mol. The summed E-state index contributed by atoms with van der Waals surface area (Å²) in [7, 11) is 0. The van der Waals surface area contributed by atoms with Crippen molar-refractivity contribution in [1.29, 1.82) is 10.5 Å². The molecule has 3 N–H and O–H groups in total. The van der Waals surface area contributed by atoms with Crippen molar-refractivity contribution in [2.75, 3.05) is 5.32 Å². The molecule has 0 saturated carbocycles. The maximum Gasteiger partial charge on any atom is 0.357 e. The first kappa shape index (κ1) is 12.1. The van der Waals surface area contributed by atoms with Gasteiger partial charge in [0.1, 0.15) is 17.7 Å². The lowest BCUT2D eigenvalue weighted by molar-refractivity contribution is 0.0692. The molecular weight excluding hydrogens is 246 g/mol. The van der Waals surface area contributed by atoms with Crippen LogP contribution < -0.4 is 5.32 Å². The standard InChI is InChI=1S/C12H7N5O2/c13-4-7(5-14)6-15-8-1-2-10-9(3-8)11(12(18)19)17-16-10/h1-3,6,15H,(H,16,17)(H,18,19). The van der Waals surface area contributed by atoms with Crippen LogP contribution in [0, 0.1) is 22.7 Å². The molecule has 0 amide bonds. The fourth-order valence-corrected chi connectivity index (χ4v) is 1.51. The van der Waals surface area contributed by atoms with E-state index < -0.39 is 5.97 Å². The predicted octanol–water partition coefficient (Wildman–Crippen LogP) is 1.60. The molecule has 0 aliphatic heterocycles. The van der Waals surface area contributed by atoms with E-state index in [1.54, 1.807) is 30.3 Å². The molecule has 92 valence electrons. The molecule has 2 aromatic rings. The summed E-state index contributed by atoms with van der Waals surface area (Å²) in [5.74, 6) is -1.13. The van der Waals surface area contributed by atoms with Crippen LogP contribution in [0.2, 0.25) is 0 Å². The number of nitriles is 2. The molecule has 1 heterocycles. The zero-order valence-electron chi connectivity index (χ0n) is 9.51. The van der Waals surface area contributed by atoms with Crippen molar-refractivity contribution in [3.63, 3.8) is 0 Å². The summed E-state index contributed by atoms with van der Waals surface area (Å²) in [6.07, 6.45) is 1.25. The van der Waals surface area contributed by atoms with Gasteiger partial charge in [-0.1, -0.05) is 0 Å². The van der Waals surface area contributed by atoms with Gasteiger partial charge in [-0.05, 0) is 18.2 Å². The first-order valence-electron chi connectivity index (χ1n) is 5.14. The number of aromatic amines is 1. The molecule has 0 spiro atoms. The Hall–Kier alpha value is -3.32. The molecule has 7 nitrogen and oxygen atoms in total. The monoisotopic (exact) mass is 253 g/mol. The zero-order chi connectivity index (χ0) is 13.8. The maximum absolute atomic E-state index is 10.9. The van der Waals surface area contributed by atoms with Gasteiger partial charge in [-0.3, -0.25) is 5.10 Å². The fraction of sp³-hybridized carbons (Fsp3) is 0. The molecule has 19 heavy (non-hydrogen) atoms. The lowest BCUT2D eigenvalue weighted by Crippen LogP contribution is -1.97. The Labute approximate surface area is 107 Å². The third-order valence-corrected chi connectivity index (χ3v) is 2.39. The summed E-state index contributed by atoms with van der Waals surface area (Å²) in [6.45, 7) is 0. The topological polar surface area (TPSA) is 126 Å². The Balaban J connectivity index is 2.39. The second-order valence-corrected chi connectivity index (χ2v) is 3.56. The normalized spacial score (nSPS) is 9.37. The average molecular weight is 253 g/mol. The minimum absolute atomic E-state index is 0.0780. The quantitative estimate of drug-likeness (QED) is 0.713. The number of allylic oxidation sites excluding steroid dienone is 1. The SMILES string of the molecule is N#CC(C#N)=CNc1ccc2[nH]nc(C(=O)O)c2c1. The smallest absolute Gasteiger partial charge is 0.357 e. The number of hydrogen-bond donors (Lipinski definition) is 3. The van der Waals surface area contributed by atoms with Gasteiger partial charge in [0.2, 0.25) is 0 Å². The number of aromatic nitrogens is 2. The number of carbonyl (C=O) groups is 1. The van der Waals surface area contributed by atoms with E-state index >= 15 is 0 Å². The van der Waals surface area contributed by atoms with Gasteiger partial charge >= 0.3 is 5.97 Å². The third kappa shape index (κ3) is 2.35. The molecule has 0 aliphatic carbocycles. The van der Waals surface area contributed by atoms with Gasteiger partial charge in [-0.25, -0.2) is 4.79 Å². The average Bonchev–Trinajstić information content (AvgIpc) is 2.83. The number of aromatic carboxylic acids is 1. The van der Waals surface area contributed by atoms with Gasteiger partial charge in [-0.15, -0.1) is 0 Å². The Morgan fingerprint density at radius 2 is 2.16 bits per heavy atom. The van der Waals surface area contributed by atoms with Gasteiger partial charge in [0, 0.05) is 17.3 Å². The van der Waals surface area contributed by atoms with Crippen LogP contribution in [0.4, 0.5) is 5.69 Å². The number of fused-ring (bicyclic) bond motifs is 1. The Morgan fingerprint density at radius 3 is 2.79 bits per heavy atom. The van der Waals surface area contributed by atoms with Crippen molar-refractivity contribution in [2.45, 2.75) is 0 Å². The summed E-state index contributed by atoms with van der Waals surface area (Å²) in [6, 6.07) is 8.32. The van der Waals surface area contributed by atoms with Crippen molar-refractivity contribution in [2.24, 2.45) is 0 Å². The second-order valence-electron chi connectivity index (χ2n) is 3.56. The van der Waals surface area contributed by atoms with Crippen LogP contribution in [0.15, 0.2) is 30.0 Å². The summed E-state index contributed by atoms with van der Waals surface area (Å²) in [5, 5.41) is 35.6. The number of H-pyrrole nitrogens is 1. The highest BCUT2D eigenvalue weighted by molar-refractivity contribution is 6.01. The minimum atomic E-state index is -1.13. The van der Waals surface area contributed by atoms with E-state index in [-0.39, 0.29) is 11.3 Å².